The molecule has 0 atom stereocenters. The second-order valence-electron chi connectivity index (χ2n) is 5.19. The maximum atomic E-state index is 2.38. The van der Waals surface area contributed by atoms with Gasteiger partial charge >= 0.3 is 0 Å². The molecule has 0 fully saturated rings. The molecular formula is C16H24N2S. The van der Waals surface area contributed by atoms with Gasteiger partial charge < -0.3 is 9.47 Å². The minimum atomic E-state index is 1.11. The van der Waals surface area contributed by atoms with Gasteiger partial charge in [-0.25, -0.2) is 0 Å². The average Bonchev–Trinajstić information content (AvgIpc) is 2.67. The van der Waals surface area contributed by atoms with E-state index in [2.05, 4.69) is 61.8 Å². The van der Waals surface area contributed by atoms with E-state index in [0.29, 0.717) is 0 Å². The second-order valence-corrected chi connectivity index (χ2v) is 6.47. The van der Waals surface area contributed by atoms with Crippen LogP contribution >= 0.6 is 11.8 Å². The first-order valence-electron chi connectivity index (χ1n) is 6.92. The Morgan fingerprint density at radius 2 is 1.95 bits per heavy atom. The van der Waals surface area contributed by atoms with Gasteiger partial charge in [0.05, 0.1) is 0 Å². The molecule has 0 aliphatic carbocycles. The zero-order valence-electron chi connectivity index (χ0n) is 12.4. The number of rotatable bonds is 6. The molecule has 2 nitrogen and oxygen atoms in total. The maximum absolute atomic E-state index is 2.38. The lowest BCUT2D eigenvalue weighted by molar-refractivity contribution is 0.409. The van der Waals surface area contributed by atoms with Crippen LogP contribution in [-0.2, 0) is 19.2 Å². The van der Waals surface area contributed by atoms with Crippen molar-refractivity contribution in [3.63, 3.8) is 0 Å². The average molecular weight is 276 g/mol. The fourth-order valence-corrected chi connectivity index (χ4v) is 3.27. The van der Waals surface area contributed by atoms with Crippen molar-refractivity contribution in [3.8, 4) is 0 Å². The third-order valence-electron chi connectivity index (χ3n) is 3.59. The zero-order valence-corrected chi connectivity index (χ0v) is 13.3. The number of thioether (sulfide) groups is 1. The van der Waals surface area contributed by atoms with Crippen LogP contribution in [0.5, 0.6) is 0 Å². The summed E-state index contributed by atoms with van der Waals surface area (Å²) in [6.45, 7) is 3.34. The highest BCUT2D eigenvalue weighted by Crippen LogP contribution is 2.29. The van der Waals surface area contributed by atoms with Crippen molar-refractivity contribution in [2.24, 2.45) is 7.05 Å². The predicted molar refractivity (Wildman–Crippen MR) is 87.0 cm³/mol. The SMILES string of the molecule is CCSCc1c(CCN(C)C)n(C)c2ccccc12. The summed E-state index contributed by atoms with van der Waals surface area (Å²) in [5, 5.41) is 1.43. The van der Waals surface area contributed by atoms with Gasteiger partial charge in [0.2, 0.25) is 0 Å². The summed E-state index contributed by atoms with van der Waals surface area (Å²) in [7, 11) is 6.49. The van der Waals surface area contributed by atoms with Crippen LogP contribution in [0.3, 0.4) is 0 Å². The van der Waals surface area contributed by atoms with Crippen LogP contribution in [0.2, 0.25) is 0 Å². The summed E-state index contributed by atoms with van der Waals surface area (Å²) in [6, 6.07) is 8.78. The number of aryl methyl sites for hydroxylation is 1. The molecule has 104 valence electrons. The number of benzene rings is 1. The molecule has 0 amide bonds. The van der Waals surface area contributed by atoms with Gasteiger partial charge in [-0.3, -0.25) is 0 Å². The molecular weight excluding hydrogens is 252 g/mol. The van der Waals surface area contributed by atoms with E-state index in [-0.39, 0.29) is 0 Å². The number of likely N-dealkylation sites (N-methyl/N-ethyl adjacent to an activating group) is 1. The molecule has 0 N–H and O–H groups in total. The summed E-state index contributed by atoms with van der Waals surface area (Å²) in [5.41, 5.74) is 4.39. The molecule has 0 saturated carbocycles. The van der Waals surface area contributed by atoms with Crippen molar-refractivity contribution in [1.82, 2.24) is 9.47 Å². The Morgan fingerprint density at radius 3 is 2.63 bits per heavy atom. The molecule has 0 radical (unpaired) electrons. The highest BCUT2D eigenvalue weighted by molar-refractivity contribution is 7.98. The van der Waals surface area contributed by atoms with Crippen LogP contribution in [0, 0.1) is 0 Å². The lowest BCUT2D eigenvalue weighted by Gasteiger charge is -2.12. The lowest BCUT2D eigenvalue weighted by Crippen LogP contribution is -2.17. The van der Waals surface area contributed by atoms with Gasteiger partial charge in [-0.2, -0.15) is 11.8 Å². The Kier molecular flexibility index (Phi) is 4.94. The highest BCUT2D eigenvalue weighted by atomic mass is 32.2. The minimum absolute atomic E-state index is 1.11. The monoisotopic (exact) mass is 276 g/mol. The normalized spacial score (nSPS) is 11.6. The summed E-state index contributed by atoms with van der Waals surface area (Å²) in [4.78, 5) is 2.26. The minimum Gasteiger partial charge on any atom is -0.347 e. The number of hydrogen-bond donors (Lipinski definition) is 0. The largest absolute Gasteiger partial charge is 0.347 e. The van der Waals surface area contributed by atoms with E-state index in [1.165, 1.54) is 27.9 Å². The number of hydrogen-bond acceptors (Lipinski definition) is 2. The molecule has 0 spiro atoms. The van der Waals surface area contributed by atoms with Crippen LogP contribution in [0.4, 0.5) is 0 Å². The van der Waals surface area contributed by atoms with Gasteiger partial charge in [0.1, 0.15) is 0 Å². The van der Waals surface area contributed by atoms with Crippen molar-refractivity contribution in [2.75, 3.05) is 26.4 Å². The zero-order chi connectivity index (χ0) is 13.8. The van der Waals surface area contributed by atoms with E-state index in [4.69, 9.17) is 0 Å². The van der Waals surface area contributed by atoms with Crippen LogP contribution in [-0.4, -0.2) is 35.9 Å². The first kappa shape index (κ1) is 14.5. The Morgan fingerprint density at radius 1 is 1.21 bits per heavy atom. The fourth-order valence-electron chi connectivity index (χ4n) is 2.54. The van der Waals surface area contributed by atoms with Gasteiger partial charge in [0.25, 0.3) is 0 Å². The summed E-state index contributed by atoms with van der Waals surface area (Å²) < 4.78 is 2.38. The number of para-hydroxylation sites is 1. The lowest BCUT2D eigenvalue weighted by atomic mass is 10.1. The van der Waals surface area contributed by atoms with E-state index in [1.807, 2.05) is 11.8 Å². The van der Waals surface area contributed by atoms with E-state index in [1.54, 1.807) is 0 Å². The Labute approximate surface area is 120 Å². The van der Waals surface area contributed by atoms with E-state index in [0.717, 1.165) is 18.7 Å². The van der Waals surface area contributed by atoms with Gasteiger partial charge in [0.15, 0.2) is 0 Å². The summed E-state index contributed by atoms with van der Waals surface area (Å²) >= 11 is 2.01. The van der Waals surface area contributed by atoms with E-state index in [9.17, 15) is 0 Å². The Hall–Kier alpha value is -0.930. The standard InChI is InChI=1S/C16H24N2S/c1-5-19-12-14-13-8-6-7-9-15(13)18(4)16(14)10-11-17(2)3/h6-9H,5,10-12H2,1-4H3. The molecule has 0 aliphatic rings. The maximum Gasteiger partial charge on any atom is 0.0483 e. The van der Waals surface area contributed by atoms with E-state index < -0.39 is 0 Å². The van der Waals surface area contributed by atoms with Crippen LogP contribution < -0.4 is 0 Å². The first-order valence-corrected chi connectivity index (χ1v) is 8.08. The van der Waals surface area contributed by atoms with Gasteiger partial charge in [-0.1, -0.05) is 25.1 Å². The number of nitrogens with zero attached hydrogens (tertiary/aromatic N) is 2. The number of fused-ring (bicyclic) bond motifs is 1. The molecule has 1 aromatic carbocycles. The molecule has 0 unspecified atom stereocenters. The molecule has 0 bridgehead atoms. The van der Waals surface area contributed by atoms with Crippen LogP contribution in [0.15, 0.2) is 24.3 Å². The summed E-state index contributed by atoms with van der Waals surface area (Å²) in [5.74, 6) is 2.30. The molecule has 2 rings (SSSR count). The first-order chi connectivity index (χ1) is 9.15. The van der Waals surface area contributed by atoms with Crippen molar-refractivity contribution in [2.45, 2.75) is 19.1 Å². The second kappa shape index (κ2) is 6.49. The molecule has 0 aliphatic heterocycles. The van der Waals surface area contributed by atoms with Crippen molar-refractivity contribution in [1.29, 1.82) is 0 Å². The topological polar surface area (TPSA) is 8.17 Å². The Balaban J connectivity index is 2.42. The quantitative estimate of drug-likeness (QED) is 0.797. The highest BCUT2D eigenvalue weighted by Gasteiger charge is 2.14. The van der Waals surface area contributed by atoms with Crippen LogP contribution in [0.1, 0.15) is 18.2 Å². The molecule has 1 aromatic heterocycles. The fraction of sp³-hybridized carbons (Fsp3) is 0.500. The van der Waals surface area contributed by atoms with Crippen molar-refractivity contribution >= 4 is 22.7 Å². The van der Waals surface area contributed by atoms with Crippen molar-refractivity contribution < 1.29 is 0 Å². The van der Waals surface area contributed by atoms with Gasteiger partial charge in [-0.05, 0) is 31.5 Å². The molecule has 2 aromatic rings. The number of aromatic nitrogens is 1. The molecule has 1 heterocycles. The van der Waals surface area contributed by atoms with E-state index >= 15 is 0 Å². The third-order valence-corrected chi connectivity index (χ3v) is 4.49. The molecule has 0 saturated heterocycles. The summed E-state index contributed by atoms with van der Waals surface area (Å²) in [6.07, 6.45) is 1.12. The third kappa shape index (κ3) is 3.15. The molecule has 19 heavy (non-hydrogen) atoms. The van der Waals surface area contributed by atoms with Crippen molar-refractivity contribution in [3.05, 3.63) is 35.5 Å². The van der Waals surface area contributed by atoms with Gasteiger partial charge in [-0.15, -0.1) is 0 Å². The Bertz CT molecular complexity index is 543. The molecule has 3 heteroatoms. The van der Waals surface area contributed by atoms with Gasteiger partial charge in [0, 0.05) is 42.4 Å². The van der Waals surface area contributed by atoms with Crippen LogP contribution in [0.25, 0.3) is 10.9 Å². The smallest absolute Gasteiger partial charge is 0.0483 e. The predicted octanol–water partition coefficient (Wildman–Crippen LogP) is 3.54.